The van der Waals surface area contributed by atoms with Gasteiger partial charge in [0.2, 0.25) is 0 Å². The van der Waals surface area contributed by atoms with E-state index in [0.29, 0.717) is 12.8 Å². The summed E-state index contributed by atoms with van der Waals surface area (Å²) in [4.78, 5) is 24.6. The minimum atomic E-state index is -0.811. The van der Waals surface area contributed by atoms with Crippen molar-refractivity contribution in [1.29, 1.82) is 0 Å². The van der Waals surface area contributed by atoms with E-state index in [0.717, 1.165) is 0 Å². The van der Waals surface area contributed by atoms with Gasteiger partial charge in [0.15, 0.2) is 0 Å². The van der Waals surface area contributed by atoms with Crippen molar-refractivity contribution in [2.24, 2.45) is 10.8 Å². The third-order valence-electron chi connectivity index (χ3n) is 4.04. The van der Waals surface area contributed by atoms with Gasteiger partial charge in [0, 0.05) is 19.6 Å². The third kappa shape index (κ3) is 3.15. The Labute approximate surface area is 109 Å². The molecular formula is C13H24N2O3. The van der Waals surface area contributed by atoms with Crippen molar-refractivity contribution in [2.75, 3.05) is 13.6 Å². The first kappa shape index (κ1) is 14.8. The molecule has 0 aromatic heterocycles. The Morgan fingerprint density at radius 1 is 1.39 bits per heavy atom. The molecule has 1 unspecified atom stereocenters. The maximum Gasteiger partial charge on any atom is 0.317 e. The number of carbonyl (C=O) groups excluding carboxylic acids is 1. The second kappa shape index (κ2) is 4.78. The molecule has 0 aromatic carbocycles. The number of urea groups is 1. The van der Waals surface area contributed by atoms with E-state index in [1.54, 1.807) is 11.9 Å². The summed E-state index contributed by atoms with van der Waals surface area (Å²) in [7, 11) is 1.74. The summed E-state index contributed by atoms with van der Waals surface area (Å²) in [5.74, 6) is -0.811. The molecule has 5 heteroatoms. The Kier molecular flexibility index (Phi) is 3.93. The predicted molar refractivity (Wildman–Crippen MR) is 69.4 cm³/mol. The number of nitrogens with zero attached hydrogens (tertiary/aromatic N) is 1. The quantitative estimate of drug-likeness (QED) is 0.807. The van der Waals surface area contributed by atoms with Crippen LogP contribution in [-0.4, -0.2) is 41.6 Å². The van der Waals surface area contributed by atoms with E-state index in [2.05, 4.69) is 26.1 Å². The Hall–Kier alpha value is -1.26. The van der Waals surface area contributed by atoms with Crippen molar-refractivity contribution in [1.82, 2.24) is 10.2 Å². The molecule has 1 rings (SSSR count). The van der Waals surface area contributed by atoms with Crippen LogP contribution >= 0.6 is 0 Å². The van der Waals surface area contributed by atoms with Gasteiger partial charge in [0.1, 0.15) is 0 Å². The number of aliphatic carboxylic acids is 1. The van der Waals surface area contributed by atoms with E-state index >= 15 is 0 Å². The Morgan fingerprint density at radius 3 is 2.22 bits per heavy atom. The number of carboxylic acid groups (broad SMARTS) is 1. The first-order chi connectivity index (χ1) is 8.10. The van der Waals surface area contributed by atoms with Gasteiger partial charge < -0.3 is 15.3 Å². The summed E-state index contributed by atoms with van der Waals surface area (Å²) in [6, 6.07) is -0.123. The summed E-state index contributed by atoms with van der Waals surface area (Å²) in [6.07, 6.45) is 1.31. The molecule has 1 atom stereocenters. The minimum absolute atomic E-state index is 0.00381. The van der Waals surface area contributed by atoms with E-state index in [1.165, 1.54) is 0 Å². The van der Waals surface area contributed by atoms with Crippen LogP contribution in [-0.2, 0) is 4.79 Å². The highest BCUT2D eigenvalue weighted by atomic mass is 16.4. The standard InChI is InChI=1S/C13H24N2O3/c1-9(12(2,3)4)15(5)11(18)14-8-13(6-7-13)10(16)17/h9H,6-8H2,1-5H3,(H,14,18)(H,16,17). The second-order valence-electron chi connectivity index (χ2n) is 6.40. The lowest BCUT2D eigenvalue weighted by atomic mass is 9.87. The summed E-state index contributed by atoms with van der Waals surface area (Å²) < 4.78 is 0. The average Bonchev–Trinajstić information content (AvgIpc) is 3.03. The topological polar surface area (TPSA) is 69.6 Å². The van der Waals surface area contributed by atoms with Crippen LogP contribution in [0.2, 0.25) is 0 Å². The maximum absolute atomic E-state index is 12.0. The number of carbonyl (C=O) groups is 2. The summed E-state index contributed by atoms with van der Waals surface area (Å²) in [6.45, 7) is 8.43. The smallest absolute Gasteiger partial charge is 0.317 e. The van der Waals surface area contributed by atoms with Crippen molar-refractivity contribution in [3.05, 3.63) is 0 Å². The van der Waals surface area contributed by atoms with Gasteiger partial charge in [-0.2, -0.15) is 0 Å². The minimum Gasteiger partial charge on any atom is -0.481 e. The van der Waals surface area contributed by atoms with Gasteiger partial charge in [-0.1, -0.05) is 20.8 Å². The molecular weight excluding hydrogens is 232 g/mol. The fourth-order valence-corrected chi connectivity index (χ4v) is 1.74. The van der Waals surface area contributed by atoms with Gasteiger partial charge in [0.05, 0.1) is 5.41 Å². The van der Waals surface area contributed by atoms with E-state index in [1.807, 2.05) is 6.92 Å². The first-order valence-electron chi connectivity index (χ1n) is 6.34. The highest BCUT2D eigenvalue weighted by Gasteiger charge is 2.50. The van der Waals surface area contributed by atoms with Gasteiger partial charge in [0.25, 0.3) is 0 Å². The van der Waals surface area contributed by atoms with Crippen LogP contribution in [0, 0.1) is 10.8 Å². The Balaban J connectivity index is 2.49. The summed E-state index contributed by atoms with van der Waals surface area (Å²) in [5, 5.41) is 11.8. The van der Waals surface area contributed by atoms with Crippen LogP contribution in [0.25, 0.3) is 0 Å². The van der Waals surface area contributed by atoms with Crippen molar-refractivity contribution in [3.8, 4) is 0 Å². The molecule has 0 aliphatic heterocycles. The number of rotatable bonds is 4. The van der Waals surface area contributed by atoms with Crippen LogP contribution in [0.1, 0.15) is 40.5 Å². The lowest BCUT2D eigenvalue weighted by Gasteiger charge is -2.35. The highest BCUT2D eigenvalue weighted by Crippen LogP contribution is 2.45. The number of hydrogen-bond acceptors (Lipinski definition) is 2. The number of nitrogens with one attached hydrogen (secondary N) is 1. The number of amides is 2. The van der Waals surface area contributed by atoms with Crippen molar-refractivity contribution in [2.45, 2.75) is 46.6 Å². The number of carboxylic acids is 1. The van der Waals surface area contributed by atoms with Gasteiger partial charge >= 0.3 is 12.0 Å². The Morgan fingerprint density at radius 2 is 1.89 bits per heavy atom. The van der Waals surface area contributed by atoms with Crippen molar-refractivity contribution in [3.63, 3.8) is 0 Å². The zero-order valence-corrected chi connectivity index (χ0v) is 11.9. The molecule has 0 radical (unpaired) electrons. The van der Waals surface area contributed by atoms with Crippen molar-refractivity contribution < 1.29 is 14.7 Å². The predicted octanol–water partition coefficient (Wildman–Crippen LogP) is 1.93. The van der Waals surface area contributed by atoms with Crippen molar-refractivity contribution >= 4 is 12.0 Å². The van der Waals surface area contributed by atoms with Crippen LogP contribution in [0.5, 0.6) is 0 Å². The fourth-order valence-electron chi connectivity index (χ4n) is 1.74. The zero-order valence-electron chi connectivity index (χ0n) is 11.9. The molecule has 5 nitrogen and oxygen atoms in total. The molecule has 104 valence electrons. The van der Waals surface area contributed by atoms with E-state index < -0.39 is 11.4 Å². The van der Waals surface area contributed by atoms with Crippen LogP contribution in [0.15, 0.2) is 0 Å². The van der Waals surface area contributed by atoms with Crippen LogP contribution in [0.3, 0.4) is 0 Å². The molecule has 0 saturated heterocycles. The molecule has 0 bridgehead atoms. The zero-order chi connectivity index (χ0) is 14.1. The van der Waals surface area contributed by atoms with E-state index in [-0.39, 0.29) is 24.0 Å². The van der Waals surface area contributed by atoms with Gasteiger partial charge in [-0.25, -0.2) is 4.79 Å². The summed E-state index contributed by atoms with van der Waals surface area (Å²) in [5.41, 5.74) is -0.711. The van der Waals surface area contributed by atoms with Crippen LogP contribution < -0.4 is 5.32 Å². The third-order valence-corrected chi connectivity index (χ3v) is 4.04. The van der Waals surface area contributed by atoms with Gasteiger partial charge in [-0.05, 0) is 25.2 Å². The molecule has 1 aliphatic carbocycles. The molecule has 0 spiro atoms. The number of hydrogen-bond donors (Lipinski definition) is 2. The van der Waals surface area contributed by atoms with Gasteiger partial charge in [-0.3, -0.25) is 4.79 Å². The fraction of sp³-hybridized carbons (Fsp3) is 0.846. The SMILES string of the molecule is CC(N(C)C(=O)NCC1(C(=O)O)CC1)C(C)(C)C. The molecule has 18 heavy (non-hydrogen) atoms. The second-order valence-corrected chi connectivity index (χ2v) is 6.40. The van der Waals surface area contributed by atoms with Gasteiger partial charge in [-0.15, -0.1) is 0 Å². The largest absolute Gasteiger partial charge is 0.481 e. The van der Waals surface area contributed by atoms with E-state index in [4.69, 9.17) is 5.11 Å². The lowest BCUT2D eigenvalue weighted by Crippen LogP contribution is -2.49. The highest BCUT2D eigenvalue weighted by molar-refractivity contribution is 5.80. The molecule has 2 N–H and O–H groups in total. The molecule has 2 amide bonds. The average molecular weight is 256 g/mol. The van der Waals surface area contributed by atoms with E-state index in [9.17, 15) is 9.59 Å². The molecule has 1 saturated carbocycles. The summed E-state index contributed by atoms with van der Waals surface area (Å²) >= 11 is 0. The molecule has 0 aromatic rings. The monoisotopic (exact) mass is 256 g/mol. The molecule has 1 aliphatic rings. The molecule has 1 fully saturated rings. The lowest BCUT2D eigenvalue weighted by molar-refractivity contribution is -0.143. The molecule has 0 heterocycles. The van der Waals surface area contributed by atoms with Crippen LogP contribution in [0.4, 0.5) is 4.79 Å². The maximum atomic E-state index is 12.0. The Bertz CT molecular complexity index is 343. The normalized spacial score (nSPS) is 18.9. The first-order valence-corrected chi connectivity index (χ1v) is 6.34.